The summed E-state index contributed by atoms with van der Waals surface area (Å²) in [4.78, 5) is 0. The van der Waals surface area contributed by atoms with E-state index in [2.05, 4.69) is 58.9 Å². The Morgan fingerprint density at radius 1 is 1.00 bits per heavy atom. The van der Waals surface area contributed by atoms with Crippen molar-refractivity contribution in [1.29, 1.82) is 0 Å². The van der Waals surface area contributed by atoms with Gasteiger partial charge in [-0.3, -0.25) is 0 Å². The summed E-state index contributed by atoms with van der Waals surface area (Å²) in [5.41, 5.74) is 8.78. The first kappa shape index (κ1) is 15.5. The molecule has 0 aliphatic carbocycles. The van der Waals surface area contributed by atoms with Crippen LogP contribution in [0.25, 0.3) is 0 Å². The summed E-state index contributed by atoms with van der Waals surface area (Å²) in [6, 6.07) is 8.78. The van der Waals surface area contributed by atoms with Crippen LogP contribution < -0.4 is 5.73 Å². The van der Waals surface area contributed by atoms with Gasteiger partial charge in [0.05, 0.1) is 0 Å². The van der Waals surface area contributed by atoms with E-state index in [0.717, 1.165) is 0 Å². The zero-order chi connectivity index (χ0) is 11.7. The maximum atomic E-state index is 5.80. The van der Waals surface area contributed by atoms with Gasteiger partial charge in [0.1, 0.15) is 0 Å². The minimum absolute atomic E-state index is 0. The second kappa shape index (κ2) is 5.20. The molecule has 0 bridgehead atoms. The lowest BCUT2D eigenvalue weighted by Gasteiger charge is -2.26. The Morgan fingerprint density at radius 2 is 1.50 bits per heavy atom. The second-order valence-electron chi connectivity index (χ2n) is 5.92. The van der Waals surface area contributed by atoms with Crippen molar-refractivity contribution in [3.63, 3.8) is 0 Å². The van der Waals surface area contributed by atoms with Gasteiger partial charge in [-0.2, -0.15) is 0 Å². The summed E-state index contributed by atoms with van der Waals surface area (Å²) in [5, 5.41) is 0. The first-order chi connectivity index (χ1) is 6.77. The van der Waals surface area contributed by atoms with Crippen LogP contribution in [0.1, 0.15) is 45.7 Å². The van der Waals surface area contributed by atoms with Gasteiger partial charge < -0.3 is 5.73 Å². The largest absolute Gasteiger partial charge is 0.330 e. The molecule has 0 heterocycles. The van der Waals surface area contributed by atoms with E-state index in [1.165, 1.54) is 11.1 Å². The van der Waals surface area contributed by atoms with E-state index in [1.807, 2.05) is 0 Å². The summed E-state index contributed by atoms with van der Waals surface area (Å²) in [7, 11) is 0. The van der Waals surface area contributed by atoms with Gasteiger partial charge in [0.25, 0.3) is 0 Å². The minimum Gasteiger partial charge on any atom is -0.330 e. The third-order valence-electron chi connectivity index (χ3n) is 3.02. The smallest absolute Gasteiger partial charge is 0.00191 e. The standard InChI is InChI=1S/C14H23N.ClH/c1-13(2,3)11-7-6-8-12(9-11)14(4,5)10-15;/h6-9H,10,15H2,1-5H3;1H. The van der Waals surface area contributed by atoms with Crippen LogP contribution in [0.2, 0.25) is 0 Å². The molecule has 0 atom stereocenters. The molecule has 1 aromatic rings. The van der Waals surface area contributed by atoms with E-state index >= 15 is 0 Å². The molecule has 0 fully saturated rings. The summed E-state index contributed by atoms with van der Waals surface area (Å²) in [6.45, 7) is 11.8. The number of nitrogens with two attached hydrogens (primary N) is 1. The number of halogens is 1. The van der Waals surface area contributed by atoms with Gasteiger partial charge in [-0.05, 0) is 16.5 Å². The van der Waals surface area contributed by atoms with E-state index < -0.39 is 0 Å². The molecule has 2 N–H and O–H groups in total. The molecule has 0 unspecified atom stereocenters. The van der Waals surface area contributed by atoms with Gasteiger partial charge in [-0.25, -0.2) is 0 Å². The Balaban J connectivity index is 0.00000225. The van der Waals surface area contributed by atoms with Gasteiger partial charge in [0, 0.05) is 12.0 Å². The van der Waals surface area contributed by atoms with Crippen LogP contribution in [0.15, 0.2) is 24.3 Å². The maximum absolute atomic E-state index is 5.80. The molecule has 0 aliphatic heterocycles. The molecule has 16 heavy (non-hydrogen) atoms. The van der Waals surface area contributed by atoms with Crippen molar-refractivity contribution in [2.45, 2.75) is 45.4 Å². The summed E-state index contributed by atoms with van der Waals surface area (Å²) in [6.07, 6.45) is 0. The average molecular weight is 242 g/mol. The Labute approximate surface area is 106 Å². The zero-order valence-corrected chi connectivity index (χ0v) is 11.8. The van der Waals surface area contributed by atoms with E-state index in [4.69, 9.17) is 5.73 Å². The van der Waals surface area contributed by atoms with E-state index in [0.29, 0.717) is 6.54 Å². The molecule has 0 amide bonds. The normalized spacial score (nSPS) is 12.1. The lowest BCUT2D eigenvalue weighted by atomic mass is 9.80. The summed E-state index contributed by atoms with van der Waals surface area (Å²) in [5.74, 6) is 0. The van der Waals surface area contributed by atoms with Crippen LogP contribution >= 0.6 is 12.4 Å². The lowest BCUT2D eigenvalue weighted by molar-refractivity contribution is 0.532. The Hall–Kier alpha value is -0.530. The predicted octanol–water partition coefficient (Wildman–Crippen LogP) is 3.64. The monoisotopic (exact) mass is 241 g/mol. The number of rotatable bonds is 2. The summed E-state index contributed by atoms with van der Waals surface area (Å²) >= 11 is 0. The van der Waals surface area contributed by atoms with Crippen molar-refractivity contribution in [1.82, 2.24) is 0 Å². The van der Waals surface area contributed by atoms with Crippen molar-refractivity contribution in [3.05, 3.63) is 35.4 Å². The minimum atomic E-state index is 0. The summed E-state index contributed by atoms with van der Waals surface area (Å²) < 4.78 is 0. The molecule has 92 valence electrons. The zero-order valence-electron chi connectivity index (χ0n) is 11.0. The molecular weight excluding hydrogens is 218 g/mol. The molecule has 0 aliphatic rings. The first-order valence-electron chi connectivity index (χ1n) is 5.58. The Bertz CT molecular complexity index is 337. The highest BCUT2D eigenvalue weighted by Crippen LogP contribution is 2.28. The van der Waals surface area contributed by atoms with Gasteiger partial charge in [0.15, 0.2) is 0 Å². The third kappa shape index (κ3) is 3.50. The van der Waals surface area contributed by atoms with E-state index in [1.54, 1.807) is 0 Å². The van der Waals surface area contributed by atoms with Crippen molar-refractivity contribution >= 4 is 12.4 Å². The van der Waals surface area contributed by atoms with Crippen LogP contribution in [0.4, 0.5) is 0 Å². The number of hydrogen-bond acceptors (Lipinski definition) is 1. The maximum Gasteiger partial charge on any atom is 0.00191 e. The van der Waals surface area contributed by atoms with Crippen LogP contribution in [-0.4, -0.2) is 6.54 Å². The molecule has 2 heteroatoms. The fraction of sp³-hybridized carbons (Fsp3) is 0.571. The van der Waals surface area contributed by atoms with Gasteiger partial charge in [0.2, 0.25) is 0 Å². The highest BCUT2D eigenvalue weighted by Gasteiger charge is 2.21. The SMILES string of the molecule is CC(C)(C)c1cccc(C(C)(C)CN)c1.Cl. The fourth-order valence-corrected chi connectivity index (χ4v) is 1.52. The average Bonchev–Trinajstić information content (AvgIpc) is 2.17. The number of hydrogen-bond donors (Lipinski definition) is 1. The molecule has 0 aromatic heterocycles. The molecular formula is C14H24ClN. The molecule has 1 rings (SSSR count). The Kier molecular flexibility index (Phi) is 5.03. The van der Waals surface area contributed by atoms with Gasteiger partial charge >= 0.3 is 0 Å². The van der Waals surface area contributed by atoms with Crippen LogP contribution in [0.3, 0.4) is 0 Å². The predicted molar refractivity (Wildman–Crippen MR) is 74.5 cm³/mol. The highest BCUT2D eigenvalue weighted by molar-refractivity contribution is 5.85. The van der Waals surface area contributed by atoms with Crippen molar-refractivity contribution < 1.29 is 0 Å². The second-order valence-corrected chi connectivity index (χ2v) is 5.92. The lowest BCUT2D eigenvalue weighted by Crippen LogP contribution is -2.28. The fourth-order valence-electron chi connectivity index (χ4n) is 1.52. The number of benzene rings is 1. The van der Waals surface area contributed by atoms with Gasteiger partial charge in [-0.1, -0.05) is 58.9 Å². The van der Waals surface area contributed by atoms with E-state index in [9.17, 15) is 0 Å². The molecule has 1 aromatic carbocycles. The topological polar surface area (TPSA) is 26.0 Å². The van der Waals surface area contributed by atoms with Crippen molar-refractivity contribution in [2.75, 3.05) is 6.54 Å². The van der Waals surface area contributed by atoms with Crippen LogP contribution in [0, 0.1) is 0 Å². The third-order valence-corrected chi connectivity index (χ3v) is 3.02. The first-order valence-corrected chi connectivity index (χ1v) is 5.58. The quantitative estimate of drug-likeness (QED) is 0.841. The Morgan fingerprint density at radius 3 is 1.94 bits per heavy atom. The highest BCUT2D eigenvalue weighted by atomic mass is 35.5. The molecule has 0 radical (unpaired) electrons. The molecule has 0 spiro atoms. The van der Waals surface area contributed by atoms with Gasteiger partial charge in [-0.15, -0.1) is 12.4 Å². The van der Waals surface area contributed by atoms with E-state index in [-0.39, 0.29) is 23.2 Å². The molecule has 0 saturated heterocycles. The van der Waals surface area contributed by atoms with Crippen LogP contribution in [0.5, 0.6) is 0 Å². The molecule has 0 saturated carbocycles. The van der Waals surface area contributed by atoms with Crippen LogP contribution in [-0.2, 0) is 10.8 Å². The van der Waals surface area contributed by atoms with Crippen molar-refractivity contribution in [3.8, 4) is 0 Å². The molecule has 1 nitrogen and oxygen atoms in total. The van der Waals surface area contributed by atoms with Crippen molar-refractivity contribution in [2.24, 2.45) is 5.73 Å².